The highest BCUT2D eigenvalue weighted by molar-refractivity contribution is 7.51. The van der Waals surface area contributed by atoms with E-state index in [-0.39, 0.29) is 11.5 Å². The predicted octanol–water partition coefficient (Wildman–Crippen LogP) is 4.43. The zero-order valence-electron chi connectivity index (χ0n) is 10.6. The van der Waals surface area contributed by atoms with Gasteiger partial charge >= 0.3 is 7.75 Å². The molecule has 0 unspecified atom stereocenters. The van der Waals surface area contributed by atoms with Crippen molar-refractivity contribution in [3.05, 3.63) is 71.1 Å². The lowest BCUT2D eigenvalue weighted by Crippen LogP contribution is -2.00. The highest BCUT2D eigenvalue weighted by atomic mass is 31.2. The second-order valence-electron chi connectivity index (χ2n) is 3.59. The summed E-state index contributed by atoms with van der Waals surface area (Å²) in [5.74, 6) is 0.517. The van der Waals surface area contributed by atoms with Gasteiger partial charge in [-0.3, -0.25) is 0 Å². The summed E-state index contributed by atoms with van der Waals surface area (Å²) >= 11 is 0. The van der Waals surface area contributed by atoms with Crippen LogP contribution in [0.4, 0.5) is 0 Å². The molecule has 8 nitrogen and oxygen atoms in total. The lowest BCUT2D eigenvalue weighted by molar-refractivity contribution is -0.171. The minimum atomic E-state index is -4.29. The highest BCUT2D eigenvalue weighted by Gasteiger charge is 2.28. The predicted molar refractivity (Wildman–Crippen MR) is 73.1 cm³/mol. The van der Waals surface area contributed by atoms with Crippen molar-refractivity contribution in [3.63, 3.8) is 0 Å². The van der Waals surface area contributed by atoms with Gasteiger partial charge in [0.1, 0.15) is 0 Å². The van der Waals surface area contributed by atoms with E-state index in [4.69, 9.17) is 15.3 Å². The Balaban J connectivity index is 1.99. The molecule has 0 fully saturated rings. The molecule has 0 amide bonds. The molecule has 0 aliphatic heterocycles. The van der Waals surface area contributed by atoms with Crippen LogP contribution in [-0.4, -0.2) is 0 Å². The van der Waals surface area contributed by atoms with Crippen LogP contribution >= 0.6 is 7.75 Å². The maximum atomic E-state index is 12.0. The normalized spacial score (nSPS) is 10.5. The maximum absolute atomic E-state index is 12.0. The average Bonchev–Trinajstić information content (AvgIpc) is 2.54. The van der Waals surface area contributed by atoms with E-state index >= 15 is 0 Å². The molecular formula is C12H10N3O5P. The van der Waals surface area contributed by atoms with Gasteiger partial charge in [0.05, 0.1) is 0 Å². The standard InChI is InChI=1S/C12H10N3O5P/c13-14-15-21(16,19-17-11-7-3-1-4-8-11)20-18-12-9-5-2-6-10-12/h1-10H. The average molecular weight is 307 g/mol. The summed E-state index contributed by atoms with van der Waals surface area (Å²) in [5, 5.41) is 0. The first-order chi connectivity index (χ1) is 10.2. The molecule has 21 heavy (non-hydrogen) atoms. The van der Waals surface area contributed by atoms with Gasteiger partial charge in [-0.25, -0.2) is 4.57 Å². The first kappa shape index (κ1) is 14.9. The lowest BCUT2D eigenvalue weighted by atomic mass is 10.3. The number of para-hydroxylation sites is 2. The van der Waals surface area contributed by atoms with E-state index in [0.717, 1.165) is 0 Å². The van der Waals surface area contributed by atoms with Gasteiger partial charge in [0, 0.05) is 9.80 Å². The summed E-state index contributed by atoms with van der Waals surface area (Å²) in [4.78, 5) is 14.9. The van der Waals surface area contributed by atoms with Gasteiger partial charge in [-0.15, -0.1) is 0 Å². The van der Waals surface area contributed by atoms with Crippen LogP contribution in [0.5, 0.6) is 11.5 Å². The third-order valence-electron chi connectivity index (χ3n) is 2.09. The molecule has 2 aromatic rings. The SMILES string of the molecule is [N-]=[N+]=NP(=O)(OOc1ccccc1)OOc1ccccc1. The molecule has 0 aliphatic carbocycles. The number of nitrogens with zero attached hydrogens (tertiary/aromatic N) is 3. The second-order valence-corrected chi connectivity index (χ2v) is 5.00. The summed E-state index contributed by atoms with van der Waals surface area (Å²) in [5.41, 5.74) is 8.41. The molecule has 0 spiro atoms. The monoisotopic (exact) mass is 307 g/mol. The molecule has 0 radical (unpaired) electrons. The third-order valence-corrected chi connectivity index (χ3v) is 2.92. The van der Waals surface area contributed by atoms with E-state index in [1.807, 2.05) is 0 Å². The van der Waals surface area contributed by atoms with Gasteiger partial charge < -0.3 is 9.78 Å². The number of azide groups is 1. The minimum Gasteiger partial charge on any atom is -0.329 e. The van der Waals surface area contributed by atoms with Crippen LogP contribution in [-0.2, 0) is 13.9 Å². The van der Waals surface area contributed by atoms with Crippen LogP contribution in [0.25, 0.3) is 10.4 Å². The van der Waals surface area contributed by atoms with Crippen LogP contribution in [0.15, 0.2) is 65.5 Å². The van der Waals surface area contributed by atoms with E-state index in [1.54, 1.807) is 60.7 Å². The van der Waals surface area contributed by atoms with Gasteiger partial charge in [-0.05, 0) is 29.8 Å². The quantitative estimate of drug-likeness (QED) is 0.188. The van der Waals surface area contributed by atoms with Gasteiger partial charge in [0.2, 0.25) is 0 Å². The Bertz CT molecular complexity index is 614. The van der Waals surface area contributed by atoms with Crippen LogP contribution in [0, 0.1) is 0 Å². The molecule has 0 bridgehead atoms. The Morgan fingerprint density at radius 2 is 1.29 bits per heavy atom. The van der Waals surface area contributed by atoms with E-state index in [0.29, 0.717) is 0 Å². The van der Waals surface area contributed by atoms with Crippen LogP contribution in [0.3, 0.4) is 0 Å². The maximum Gasteiger partial charge on any atom is 0.491 e. The summed E-state index contributed by atoms with van der Waals surface area (Å²) < 4.78 is 21.2. The van der Waals surface area contributed by atoms with Gasteiger partial charge in [0.25, 0.3) is 0 Å². The van der Waals surface area contributed by atoms with Crippen molar-refractivity contribution in [1.82, 2.24) is 0 Å². The molecule has 0 saturated heterocycles. The van der Waals surface area contributed by atoms with Crippen molar-refractivity contribution in [2.75, 3.05) is 0 Å². The summed E-state index contributed by atoms with van der Waals surface area (Å²) in [6.07, 6.45) is 0. The van der Waals surface area contributed by atoms with E-state index in [2.05, 4.69) is 19.1 Å². The molecule has 0 aromatic heterocycles. The smallest absolute Gasteiger partial charge is 0.329 e. The molecule has 2 rings (SSSR count). The minimum absolute atomic E-state index is 0.258. The Morgan fingerprint density at radius 1 is 0.857 bits per heavy atom. The van der Waals surface area contributed by atoms with Crippen LogP contribution in [0.1, 0.15) is 0 Å². The van der Waals surface area contributed by atoms with Crippen molar-refractivity contribution in [2.45, 2.75) is 0 Å². The fourth-order valence-corrected chi connectivity index (χ4v) is 1.77. The first-order valence-electron chi connectivity index (χ1n) is 5.71. The second kappa shape index (κ2) is 7.33. The van der Waals surface area contributed by atoms with Crippen molar-refractivity contribution >= 4 is 7.75 Å². The molecule has 0 N–H and O–H groups in total. The fourth-order valence-electron chi connectivity index (χ4n) is 1.22. The van der Waals surface area contributed by atoms with Gasteiger partial charge in [-0.2, -0.15) is 0 Å². The number of hydrogen-bond donors (Lipinski definition) is 0. The van der Waals surface area contributed by atoms with Gasteiger partial charge in [-0.1, -0.05) is 45.7 Å². The Kier molecular flexibility index (Phi) is 5.20. The largest absolute Gasteiger partial charge is 0.491 e. The van der Waals surface area contributed by atoms with Crippen molar-refractivity contribution in [2.24, 2.45) is 4.88 Å². The Labute approximate surface area is 119 Å². The van der Waals surface area contributed by atoms with Crippen LogP contribution in [0.2, 0.25) is 0 Å². The molecule has 0 saturated carbocycles. The van der Waals surface area contributed by atoms with Gasteiger partial charge in [0.15, 0.2) is 11.5 Å². The Morgan fingerprint density at radius 3 is 1.67 bits per heavy atom. The van der Waals surface area contributed by atoms with Crippen LogP contribution < -0.4 is 9.78 Å². The van der Waals surface area contributed by atoms with Crippen molar-refractivity contribution < 1.29 is 23.7 Å². The fraction of sp³-hybridized carbons (Fsp3) is 0. The van der Waals surface area contributed by atoms with Crippen molar-refractivity contribution in [1.29, 1.82) is 0 Å². The topological polar surface area (TPSA) is 103 Å². The molecule has 0 atom stereocenters. The zero-order chi connectivity index (χ0) is 15.0. The van der Waals surface area contributed by atoms with E-state index < -0.39 is 7.75 Å². The van der Waals surface area contributed by atoms with E-state index in [1.165, 1.54) is 0 Å². The molecule has 108 valence electrons. The first-order valence-corrected chi connectivity index (χ1v) is 7.21. The summed E-state index contributed by atoms with van der Waals surface area (Å²) in [7, 11) is -4.29. The lowest BCUT2D eigenvalue weighted by Gasteiger charge is -2.11. The summed E-state index contributed by atoms with van der Waals surface area (Å²) in [6, 6.07) is 16.5. The van der Waals surface area contributed by atoms with E-state index in [9.17, 15) is 4.57 Å². The Hall–Kier alpha value is -2.50. The number of rotatable bonds is 7. The molecular weight excluding hydrogens is 297 g/mol. The van der Waals surface area contributed by atoms with Crippen molar-refractivity contribution in [3.8, 4) is 11.5 Å². The number of hydrogen-bond acceptors (Lipinski definition) is 5. The molecule has 0 aliphatic rings. The third kappa shape index (κ3) is 4.83. The number of benzene rings is 2. The molecule has 2 aromatic carbocycles. The highest BCUT2D eigenvalue weighted by Crippen LogP contribution is 2.50. The molecule has 0 heterocycles. The molecule has 9 heteroatoms. The summed E-state index contributed by atoms with van der Waals surface area (Å²) in [6.45, 7) is 0. The zero-order valence-corrected chi connectivity index (χ0v) is 11.5.